The predicted octanol–water partition coefficient (Wildman–Crippen LogP) is 3.48. The summed E-state index contributed by atoms with van der Waals surface area (Å²) in [5, 5.41) is 0. The molecule has 0 saturated carbocycles. The second kappa shape index (κ2) is 4.93. The van der Waals surface area contributed by atoms with Gasteiger partial charge in [0.15, 0.2) is 4.77 Å². The quantitative estimate of drug-likeness (QED) is 0.741. The summed E-state index contributed by atoms with van der Waals surface area (Å²) in [6, 6.07) is 8.50. The summed E-state index contributed by atoms with van der Waals surface area (Å²) in [5.74, 6) is -0.210. The van der Waals surface area contributed by atoms with Crippen molar-refractivity contribution in [1.82, 2.24) is 14.5 Å². The number of hydrogen-bond acceptors (Lipinski definition) is 2. The van der Waals surface area contributed by atoms with Crippen molar-refractivity contribution in [3.63, 3.8) is 0 Å². The molecule has 0 aliphatic carbocycles. The molecule has 0 atom stereocenters. The fraction of sp³-hybridized carbons (Fsp3) is 0.143. The maximum Gasteiger partial charge on any atom is 0.178 e. The summed E-state index contributed by atoms with van der Waals surface area (Å²) in [6.45, 7) is 0.758. The lowest BCUT2D eigenvalue weighted by atomic mass is 10.1. The molecule has 0 fully saturated rings. The van der Waals surface area contributed by atoms with Crippen molar-refractivity contribution in [2.75, 3.05) is 0 Å². The van der Waals surface area contributed by atoms with E-state index in [-0.39, 0.29) is 5.82 Å². The van der Waals surface area contributed by atoms with Crippen LogP contribution in [-0.4, -0.2) is 14.5 Å². The second-order valence-corrected chi connectivity index (χ2v) is 4.74. The summed E-state index contributed by atoms with van der Waals surface area (Å²) in [6.07, 6.45) is 4.32. The van der Waals surface area contributed by atoms with Gasteiger partial charge in [0, 0.05) is 12.7 Å². The van der Waals surface area contributed by atoms with E-state index in [1.807, 2.05) is 10.6 Å². The van der Waals surface area contributed by atoms with E-state index in [1.165, 1.54) is 12.1 Å². The smallest absolute Gasteiger partial charge is 0.178 e. The third kappa shape index (κ3) is 2.42. The maximum atomic E-state index is 12.8. The Kier molecular flexibility index (Phi) is 3.13. The molecule has 0 spiro atoms. The van der Waals surface area contributed by atoms with Gasteiger partial charge in [-0.15, -0.1) is 0 Å². The van der Waals surface area contributed by atoms with E-state index in [0.717, 1.165) is 29.6 Å². The molecule has 3 rings (SSSR count). The summed E-state index contributed by atoms with van der Waals surface area (Å²) >= 11 is 5.31. The van der Waals surface area contributed by atoms with E-state index in [0.29, 0.717) is 4.77 Å². The van der Waals surface area contributed by atoms with Crippen molar-refractivity contribution in [3.8, 4) is 0 Å². The molecule has 2 aromatic heterocycles. The van der Waals surface area contributed by atoms with E-state index < -0.39 is 0 Å². The molecule has 3 nitrogen and oxygen atoms in total. The number of benzene rings is 1. The number of aromatic amines is 1. The number of aromatic nitrogens is 3. The molecule has 5 heteroatoms. The topological polar surface area (TPSA) is 33.6 Å². The number of rotatable bonds is 3. The highest BCUT2D eigenvalue weighted by molar-refractivity contribution is 7.71. The van der Waals surface area contributed by atoms with Gasteiger partial charge in [-0.05, 0) is 42.4 Å². The molecule has 0 saturated heterocycles. The van der Waals surface area contributed by atoms with Crippen LogP contribution in [-0.2, 0) is 13.0 Å². The van der Waals surface area contributed by atoms with E-state index in [1.54, 1.807) is 24.5 Å². The molecule has 1 aromatic carbocycles. The van der Waals surface area contributed by atoms with Gasteiger partial charge in [-0.1, -0.05) is 12.1 Å². The molecule has 0 aliphatic heterocycles. The Morgan fingerprint density at radius 3 is 2.79 bits per heavy atom. The molecule has 0 radical (unpaired) electrons. The number of hydrogen-bond donors (Lipinski definition) is 1. The van der Waals surface area contributed by atoms with Crippen LogP contribution in [0.4, 0.5) is 4.39 Å². The number of nitrogens with zero attached hydrogens (tertiary/aromatic N) is 2. The van der Waals surface area contributed by atoms with Crippen molar-refractivity contribution in [3.05, 3.63) is 58.9 Å². The lowest BCUT2D eigenvalue weighted by Crippen LogP contribution is -2.01. The Morgan fingerprint density at radius 2 is 2.00 bits per heavy atom. The highest BCUT2D eigenvalue weighted by Gasteiger charge is 2.04. The Bertz CT molecular complexity index is 758. The van der Waals surface area contributed by atoms with E-state index in [4.69, 9.17) is 12.2 Å². The van der Waals surface area contributed by atoms with Gasteiger partial charge >= 0.3 is 0 Å². The normalized spacial score (nSPS) is 11.0. The monoisotopic (exact) mass is 273 g/mol. The van der Waals surface area contributed by atoms with Crippen LogP contribution in [0.5, 0.6) is 0 Å². The Hall–Kier alpha value is -2.01. The average molecular weight is 273 g/mol. The van der Waals surface area contributed by atoms with Gasteiger partial charge in [0.25, 0.3) is 0 Å². The maximum absolute atomic E-state index is 12.8. The molecule has 2 heterocycles. The first-order valence-corrected chi connectivity index (χ1v) is 6.42. The summed E-state index contributed by atoms with van der Waals surface area (Å²) in [7, 11) is 0. The number of fused-ring (bicyclic) bond motifs is 1. The van der Waals surface area contributed by atoms with E-state index in [2.05, 4.69) is 9.97 Å². The summed E-state index contributed by atoms with van der Waals surface area (Å²) in [4.78, 5) is 7.19. The van der Waals surface area contributed by atoms with Crippen LogP contribution in [0.1, 0.15) is 5.56 Å². The van der Waals surface area contributed by atoms with Crippen LogP contribution in [0.2, 0.25) is 0 Å². The molecule has 0 aliphatic rings. The predicted molar refractivity (Wildman–Crippen MR) is 75.0 cm³/mol. The third-order valence-electron chi connectivity index (χ3n) is 3.11. The minimum Gasteiger partial charge on any atom is -0.329 e. The third-order valence-corrected chi connectivity index (χ3v) is 3.44. The lowest BCUT2D eigenvalue weighted by Gasteiger charge is -2.04. The number of nitrogens with one attached hydrogen (secondary N) is 1. The Labute approximate surface area is 114 Å². The lowest BCUT2D eigenvalue weighted by molar-refractivity contribution is 0.625. The van der Waals surface area contributed by atoms with E-state index >= 15 is 0 Å². The molecule has 0 bridgehead atoms. The standard InChI is InChI=1S/C14H12FN3S/c15-11-3-1-10(2-4-11)6-8-18-13-5-7-16-9-12(13)17-14(18)19/h1-5,7,9H,6,8H2,(H,17,19). The Balaban J connectivity index is 1.87. The van der Waals surface area contributed by atoms with E-state index in [9.17, 15) is 4.39 Å². The van der Waals surface area contributed by atoms with Gasteiger partial charge in [0.2, 0.25) is 0 Å². The van der Waals surface area contributed by atoms with Gasteiger partial charge in [0.1, 0.15) is 5.82 Å². The molecular formula is C14H12FN3S. The number of imidazole rings is 1. The van der Waals surface area contributed by atoms with Crippen LogP contribution < -0.4 is 0 Å². The molecule has 0 unspecified atom stereocenters. The second-order valence-electron chi connectivity index (χ2n) is 4.35. The van der Waals surface area contributed by atoms with Gasteiger partial charge in [-0.2, -0.15) is 0 Å². The Morgan fingerprint density at radius 1 is 1.21 bits per heavy atom. The molecule has 1 N–H and O–H groups in total. The number of H-pyrrole nitrogens is 1. The number of halogens is 1. The van der Waals surface area contributed by atoms with Crippen molar-refractivity contribution in [1.29, 1.82) is 0 Å². The molecule has 0 amide bonds. The highest BCUT2D eigenvalue weighted by Crippen LogP contribution is 2.13. The van der Waals surface area contributed by atoms with Gasteiger partial charge in [-0.3, -0.25) is 4.98 Å². The first-order chi connectivity index (χ1) is 9.24. The molecular weight excluding hydrogens is 261 g/mol. The minimum atomic E-state index is -0.210. The molecule has 19 heavy (non-hydrogen) atoms. The van der Waals surface area contributed by atoms with Crippen LogP contribution in [0.15, 0.2) is 42.7 Å². The first kappa shape index (κ1) is 12.0. The zero-order valence-electron chi connectivity index (χ0n) is 10.1. The summed E-state index contributed by atoms with van der Waals surface area (Å²) < 4.78 is 15.6. The van der Waals surface area contributed by atoms with Crippen molar-refractivity contribution >= 4 is 23.3 Å². The van der Waals surface area contributed by atoms with Gasteiger partial charge in [0.05, 0.1) is 17.2 Å². The number of aryl methyl sites for hydroxylation is 2. The fourth-order valence-corrected chi connectivity index (χ4v) is 2.42. The first-order valence-electron chi connectivity index (χ1n) is 6.01. The highest BCUT2D eigenvalue weighted by atomic mass is 32.1. The largest absolute Gasteiger partial charge is 0.329 e. The molecule has 96 valence electrons. The van der Waals surface area contributed by atoms with Crippen LogP contribution in [0, 0.1) is 10.6 Å². The van der Waals surface area contributed by atoms with Gasteiger partial charge in [-0.25, -0.2) is 4.39 Å². The zero-order valence-corrected chi connectivity index (χ0v) is 11.0. The number of pyridine rings is 1. The van der Waals surface area contributed by atoms with Crippen LogP contribution in [0.3, 0.4) is 0 Å². The van der Waals surface area contributed by atoms with Crippen molar-refractivity contribution in [2.24, 2.45) is 0 Å². The van der Waals surface area contributed by atoms with Crippen LogP contribution >= 0.6 is 12.2 Å². The average Bonchev–Trinajstić information content (AvgIpc) is 2.74. The van der Waals surface area contributed by atoms with Crippen LogP contribution in [0.25, 0.3) is 11.0 Å². The minimum absolute atomic E-state index is 0.210. The fourth-order valence-electron chi connectivity index (χ4n) is 2.12. The summed E-state index contributed by atoms with van der Waals surface area (Å²) in [5.41, 5.74) is 3.07. The molecule has 3 aromatic rings. The van der Waals surface area contributed by atoms with Crippen molar-refractivity contribution in [2.45, 2.75) is 13.0 Å². The van der Waals surface area contributed by atoms with Crippen molar-refractivity contribution < 1.29 is 4.39 Å². The zero-order chi connectivity index (χ0) is 13.2. The SMILES string of the molecule is Fc1ccc(CCn2c(=S)[nH]c3cnccc32)cc1. The van der Waals surface area contributed by atoms with Gasteiger partial charge < -0.3 is 9.55 Å².